The fraction of sp³-hybridized carbons (Fsp3) is 0.400. The van der Waals surface area contributed by atoms with Gasteiger partial charge in [0.25, 0.3) is 0 Å². The molecule has 0 saturated carbocycles. The number of guanidine groups is 1. The Balaban J connectivity index is 2.35. The normalized spacial score (nSPS) is 11.3. The first-order valence-corrected chi connectivity index (χ1v) is 5.13. The number of nitrogens with one attached hydrogen (secondary N) is 2. The van der Waals surface area contributed by atoms with Crippen LogP contribution in [-0.2, 0) is 6.42 Å². The molecule has 0 amide bonds. The summed E-state index contributed by atoms with van der Waals surface area (Å²) < 4.78 is 0. The van der Waals surface area contributed by atoms with Gasteiger partial charge in [-0.3, -0.25) is 4.99 Å². The summed E-state index contributed by atoms with van der Waals surface area (Å²) in [5.74, 6) is 0.789. The SMILES string of the molecule is CN=C(NC)NCCc1ccc(Cl)nc1. The molecule has 2 N–H and O–H groups in total. The molecule has 0 aromatic carbocycles. The van der Waals surface area contributed by atoms with E-state index in [4.69, 9.17) is 11.6 Å². The number of hydrogen-bond acceptors (Lipinski definition) is 2. The van der Waals surface area contributed by atoms with E-state index < -0.39 is 0 Å². The second-order valence-corrected chi connectivity index (χ2v) is 3.38. The standard InChI is InChI=1S/C10H15ClN4/c1-12-10(13-2)14-6-5-8-3-4-9(11)15-7-8/h3-4,7H,5-6H2,1-2H3,(H2,12,13,14). The van der Waals surface area contributed by atoms with Crippen LogP contribution in [0.25, 0.3) is 0 Å². The van der Waals surface area contributed by atoms with Crippen molar-refractivity contribution in [3.8, 4) is 0 Å². The molecule has 0 aliphatic carbocycles. The third kappa shape index (κ3) is 4.16. The average Bonchev–Trinajstić information content (AvgIpc) is 2.27. The molecule has 1 aromatic heterocycles. The van der Waals surface area contributed by atoms with Crippen LogP contribution in [-0.4, -0.2) is 31.6 Å². The summed E-state index contributed by atoms with van der Waals surface area (Å²) in [7, 11) is 3.57. The van der Waals surface area contributed by atoms with Gasteiger partial charge in [0.2, 0.25) is 0 Å². The fourth-order valence-electron chi connectivity index (χ4n) is 1.16. The van der Waals surface area contributed by atoms with Gasteiger partial charge < -0.3 is 10.6 Å². The van der Waals surface area contributed by atoms with Gasteiger partial charge in [0.1, 0.15) is 5.15 Å². The van der Waals surface area contributed by atoms with Gasteiger partial charge >= 0.3 is 0 Å². The van der Waals surface area contributed by atoms with E-state index in [1.807, 2.05) is 13.1 Å². The molecule has 0 unspecified atom stereocenters. The van der Waals surface area contributed by atoms with Gasteiger partial charge in [0.15, 0.2) is 5.96 Å². The highest BCUT2D eigenvalue weighted by atomic mass is 35.5. The lowest BCUT2D eigenvalue weighted by atomic mass is 10.2. The fourth-order valence-corrected chi connectivity index (χ4v) is 1.27. The highest BCUT2D eigenvalue weighted by Gasteiger charge is 1.95. The minimum atomic E-state index is 0.526. The molecule has 0 spiro atoms. The third-order valence-corrected chi connectivity index (χ3v) is 2.18. The van der Waals surface area contributed by atoms with Gasteiger partial charge in [-0.2, -0.15) is 0 Å². The van der Waals surface area contributed by atoms with Crippen molar-refractivity contribution >= 4 is 17.6 Å². The Labute approximate surface area is 94.8 Å². The Kier molecular flexibility index (Phi) is 4.90. The van der Waals surface area contributed by atoms with E-state index in [1.54, 1.807) is 19.3 Å². The smallest absolute Gasteiger partial charge is 0.190 e. The Morgan fingerprint density at radius 3 is 2.87 bits per heavy atom. The zero-order chi connectivity index (χ0) is 11.1. The van der Waals surface area contributed by atoms with Crippen molar-refractivity contribution in [1.82, 2.24) is 15.6 Å². The minimum Gasteiger partial charge on any atom is -0.359 e. The van der Waals surface area contributed by atoms with E-state index in [0.717, 1.165) is 24.5 Å². The van der Waals surface area contributed by atoms with E-state index >= 15 is 0 Å². The van der Waals surface area contributed by atoms with E-state index in [-0.39, 0.29) is 0 Å². The van der Waals surface area contributed by atoms with Gasteiger partial charge in [0.05, 0.1) is 0 Å². The van der Waals surface area contributed by atoms with Crippen LogP contribution >= 0.6 is 11.6 Å². The maximum absolute atomic E-state index is 5.69. The zero-order valence-corrected chi connectivity index (χ0v) is 9.67. The molecule has 1 heterocycles. The van der Waals surface area contributed by atoms with Crippen LogP contribution in [0, 0.1) is 0 Å². The van der Waals surface area contributed by atoms with Crippen LogP contribution in [0.15, 0.2) is 23.3 Å². The number of halogens is 1. The quantitative estimate of drug-likeness (QED) is 0.461. The summed E-state index contributed by atoms with van der Waals surface area (Å²) in [6.07, 6.45) is 2.68. The molecular weight excluding hydrogens is 212 g/mol. The van der Waals surface area contributed by atoms with Crippen LogP contribution < -0.4 is 10.6 Å². The number of pyridine rings is 1. The molecule has 5 heteroatoms. The molecular formula is C10H15ClN4. The predicted molar refractivity (Wildman–Crippen MR) is 63.4 cm³/mol. The van der Waals surface area contributed by atoms with Crippen LogP contribution in [0.4, 0.5) is 0 Å². The second kappa shape index (κ2) is 6.24. The molecule has 4 nitrogen and oxygen atoms in total. The number of hydrogen-bond donors (Lipinski definition) is 2. The molecule has 82 valence electrons. The second-order valence-electron chi connectivity index (χ2n) is 2.99. The molecule has 0 fully saturated rings. The molecule has 0 aliphatic heterocycles. The summed E-state index contributed by atoms with van der Waals surface area (Å²) in [4.78, 5) is 8.02. The topological polar surface area (TPSA) is 49.3 Å². The van der Waals surface area contributed by atoms with Crippen molar-refractivity contribution < 1.29 is 0 Å². The maximum Gasteiger partial charge on any atom is 0.190 e. The summed E-state index contributed by atoms with van der Waals surface area (Å²) in [5.41, 5.74) is 1.15. The monoisotopic (exact) mass is 226 g/mol. The molecule has 0 radical (unpaired) electrons. The van der Waals surface area contributed by atoms with Gasteiger partial charge in [0, 0.05) is 26.8 Å². The number of aromatic nitrogens is 1. The molecule has 0 bridgehead atoms. The lowest BCUT2D eigenvalue weighted by molar-refractivity contribution is 0.831. The van der Waals surface area contributed by atoms with Crippen molar-refractivity contribution in [3.63, 3.8) is 0 Å². The van der Waals surface area contributed by atoms with E-state index in [1.165, 1.54) is 0 Å². The van der Waals surface area contributed by atoms with Crippen LogP contribution in [0.3, 0.4) is 0 Å². The Morgan fingerprint density at radius 1 is 1.53 bits per heavy atom. The Bertz CT molecular complexity index is 321. The van der Waals surface area contributed by atoms with Gasteiger partial charge in [-0.05, 0) is 18.1 Å². The van der Waals surface area contributed by atoms with Crippen LogP contribution in [0.2, 0.25) is 5.15 Å². The zero-order valence-electron chi connectivity index (χ0n) is 8.92. The number of rotatable bonds is 3. The third-order valence-electron chi connectivity index (χ3n) is 1.96. The van der Waals surface area contributed by atoms with E-state index in [2.05, 4.69) is 20.6 Å². The van der Waals surface area contributed by atoms with E-state index in [0.29, 0.717) is 5.15 Å². The number of nitrogens with zero attached hydrogens (tertiary/aromatic N) is 2. The van der Waals surface area contributed by atoms with Gasteiger partial charge in [-0.25, -0.2) is 4.98 Å². The van der Waals surface area contributed by atoms with Crippen molar-refractivity contribution in [1.29, 1.82) is 0 Å². The average molecular weight is 227 g/mol. The van der Waals surface area contributed by atoms with Gasteiger partial charge in [-0.1, -0.05) is 17.7 Å². The lowest BCUT2D eigenvalue weighted by Crippen LogP contribution is -2.35. The highest BCUT2D eigenvalue weighted by Crippen LogP contribution is 2.05. The predicted octanol–water partition coefficient (Wildman–Crippen LogP) is 1.07. The van der Waals surface area contributed by atoms with Crippen LogP contribution in [0.1, 0.15) is 5.56 Å². The Morgan fingerprint density at radius 2 is 2.33 bits per heavy atom. The van der Waals surface area contributed by atoms with Crippen molar-refractivity contribution in [3.05, 3.63) is 29.0 Å². The molecule has 0 saturated heterocycles. The van der Waals surface area contributed by atoms with Crippen molar-refractivity contribution in [2.24, 2.45) is 4.99 Å². The minimum absolute atomic E-state index is 0.526. The summed E-state index contributed by atoms with van der Waals surface area (Å²) in [5, 5.41) is 6.64. The first-order chi connectivity index (χ1) is 7.26. The van der Waals surface area contributed by atoms with Gasteiger partial charge in [-0.15, -0.1) is 0 Å². The lowest BCUT2D eigenvalue weighted by Gasteiger charge is -2.07. The summed E-state index contributed by atoms with van der Waals surface area (Å²) in [6.45, 7) is 0.816. The largest absolute Gasteiger partial charge is 0.359 e. The molecule has 1 aromatic rings. The van der Waals surface area contributed by atoms with E-state index in [9.17, 15) is 0 Å². The Hall–Kier alpha value is -1.29. The molecule has 0 aliphatic rings. The van der Waals surface area contributed by atoms with Crippen LogP contribution in [0.5, 0.6) is 0 Å². The molecule has 1 rings (SSSR count). The number of aliphatic imine (C=N–C) groups is 1. The summed E-state index contributed by atoms with van der Waals surface area (Å²) in [6, 6.07) is 3.77. The van der Waals surface area contributed by atoms with Crippen molar-refractivity contribution in [2.45, 2.75) is 6.42 Å². The first kappa shape index (κ1) is 11.8. The molecule has 0 atom stereocenters. The highest BCUT2D eigenvalue weighted by molar-refractivity contribution is 6.29. The van der Waals surface area contributed by atoms with Crippen molar-refractivity contribution in [2.75, 3.05) is 20.6 Å². The first-order valence-electron chi connectivity index (χ1n) is 4.75. The molecule has 15 heavy (non-hydrogen) atoms. The maximum atomic E-state index is 5.69. The summed E-state index contributed by atoms with van der Waals surface area (Å²) >= 11 is 5.69.